The molecule has 4 aliphatic rings. The van der Waals surface area contributed by atoms with Crippen LogP contribution in [-0.2, 0) is 9.53 Å². The number of halogens is 1. The van der Waals surface area contributed by atoms with Crippen molar-refractivity contribution in [2.75, 3.05) is 0 Å². The summed E-state index contributed by atoms with van der Waals surface area (Å²) >= 11 is 0. The van der Waals surface area contributed by atoms with Crippen molar-refractivity contribution in [3.8, 4) is 0 Å². The molecule has 0 saturated carbocycles. The van der Waals surface area contributed by atoms with Crippen LogP contribution < -0.4 is 0 Å². The van der Waals surface area contributed by atoms with E-state index in [0.29, 0.717) is 30.5 Å². The quantitative estimate of drug-likeness (QED) is 0.543. The number of aliphatic hydroxyl groups excluding tert-OH is 2. The molecule has 0 radical (unpaired) electrons. The molecule has 6 rings (SSSR count). The predicted molar refractivity (Wildman–Crippen MR) is 129 cm³/mol. The number of cyclic esters (lactones) is 1. The number of carbonyl (C=O) groups excluding carboxylic acids is 2. The highest BCUT2D eigenvalue weighted by Crippen LogP contribution is 2.45. The lowest BCUT2D eigenvalue weighted by Gasteiger charge is -2.37. The Morgan fingerprint density at radius 1 is 1.09 bits per heavy atom. The normalized spacial score (nSPS) is 25.0. The van der Waals surface area contributed by atoms with Gasteiger partial charge in [0.2, 0.25) is 5.78 Å². The standard InChI is InChI=1S/C22H27FO4.C6H3NO/c1-13-8-14(4-7-20(13)23)18-10-16(25)12-22(2,3)19(18)6-5-17-9-15(24)11-21(26)27-17;8-6-4-1-2-7-5(6)3-4/h4-8,15-17,24-25H,9-12H2,1-3H3;1-3H. The van der Waals surface area contributed by atoms with Crippen LogP contribution in [0.15, 0.2) is 54.3 Å². The van der Waals surface area contributed by atoms with Gasteiger partial charge in [-0.3, -0.25) is 14.6 Å². The molecule has 1 fully saturated rings. The monoisotopic (exact) mass is 479 g/mol. The lowest BCUT2D eigenvalue weighted by Crippen LogP contribution is -2.32. The molecule has 2 aliphatic heterocycles. The van der Waals surface area contributed by atoms with Gasteiger partial charge in [-0.1, -0.05) is 26.0 Å². The zero-order chi connectivity index (χ0) is 25.3. The summed E-state index contributed by atoms with van der Waals surface area (Å²) in [4.78, 5) is 25.9. The number of hydrogen-bond acceptors (Lipinski definition) is 6. The molecule has 2 aromatic rings. The zero-order valence-electron chi connectivity index (χ0n) is 20.1. The van der Waals surface area contributed by atoms with Crippen LogP contribution in [0.4, 0.5) is 4.39 Å². The Bertz CT molecular complexity index is 1190. The Morgan fingerprint density at radius 3 is 2.43 bits per heavy atom. The SMILES string of the molecule is Cc1cc(C2=C(C=CC3CC(O)CC(=O)O3)C(C)(C)CC(O)C2)ccc1F.O=C1c2ccnc1c2. The van der Waals surface area contributed by atoms with Crippen LogP contribution >= 0.6 is 0 Å². The molecule has 0 amide bonds. The number of ketones is 1. The molecule has 184 valence electrons. The molecular weight excluding hydrogens is 449 g/mol. The van der Waals surface area contributed by atoms with Gasteiger partial charge in [0.1, 0.15) is 17.6 Å². The lowest BCUT2D eigenvalue weighted by molar-refractivity contribution is -0.156. The fraction of sp³-hybridized carbons (Fsp3) is 0.393. The number of aliphatic hydroxyl groups is 2. The minimum atomic E-state index is -0.685. The third-order valence-corrected chi connectivity index (χ3v) is 6.67. The number of benzene rings is 1. The molecule has 3 heterocycles. The Morgan fingerprint density at radius 2 is 1.86 bits per heavy atom. The van der Waals surface area contributed by atoms with Gasteiger partial charge in [0, 0.05) is 18.2 Å². The van der Waals surface area contributed by atoms with E-state index in [1.54, 1.807) is 37.4 Å². The molecule has 1 saturated heterocycles. The fourth-order valence-electron chi connectivity index (χ4n) is 4.85. The van der Waals surface area contributed by atoms with E-state index in [1.165, 1.54) is 6.07 Å². The average Bonchev–Trinajstić information content (AvgIpc) is 2.79. The number of ether oxygens (including phenoxy) is 1. The second kappa shape index (κ2) is 9.84. The van der Waals surface area contributed by atoms with Gasteiger partial charge in [-0.2, -0.15) is 0 Å². The smallest absolute Gasteiger partial charge is 0.309 e. The van der Waals surface area contributed by atoms with Gasteiger partial charge in [-0.05, 0) is 77.8 Å². The number of rotatable bonds is 3. The van der Waals surface area contributed by atoms with Gasteiger partial charge in [0.25, 0.3) is 0 Å². The van der Waals surface area contributed by atoms with E-state index in [2.05, 4.69) is 18.8 Å². The first-order valence-electron chi connectivity index (χ1n) is 11.8. The summed E-state index contributed by atoms with van der Waals surface area (Å²) in [6.07, 6.45) is 5.29. The second-order valence-corrected chi connectivity index (χ2v) is 10.0. The molecule has 3 unspecified atom stereocenters. The number of allylic oxidation sites excluding steroid dienone is 2. The number of nitrogens with zero attached hydrogens (tertiary/aromatic N) is 1. The topological polar surface area (TPSA) is 96.7 Å². The van der Waals surface area contributed by atoms with Crippen molar-refractivity contribution >= 4 is 17.3 Å². The van der Waals surface area contributed by atoms with Gasteiger partial charge < -0.3 is 14.9 Å². The lowest BCUT2D eigenvalue weighted by atomic mass is 9.69. The molecule has 35 heavy (non-hydrogen) atoms. The van der Waals surface area contributed by atoms with Crippen molar-refractivity contribution in [1.82, 2.24) is 4.98 Å². The molecule has 2 bridgehead atoms. The third kappa shape index (κ3) is 5.57. The van der Waals surface area contributed by atoms with E-state index < -0.39 is 24.3 Å². The van der Waals surface area contributed by atoms with Crippen LogP contribution in [0.3, 0.4) is 0 Å². The Hall–Kier alpha value is -3.16. The Balaban J connectivity index is 0.000000301. The first-order chi connectivity index (χ1) is 16.5. The minimum absolute atomic E-state index is 0.0326. The van der Waals surface area contributed by atoms with Crippen LogP contribution in [0.1, 0.15) is 66.7 Å². The fourth-order valence-corrected chi connectivity index (χ4v) is 4.85. The maximum absolute atomic E-state index is 13.7. The van der Waals surface area contributed by atoms with E-state index in [1.807, 2.05) is 12.2 Å². The van der Waals surface area contributed by atoms with E-state index in [9.17, 15) is 24.2 Å². The van der Waals surface area contributed by atoms with Crippen LogP contribution in [0.5, 0.6) is 0 Å². The maximum Gasteiger partial charge on any atom is 0.309 e. The number of pyridine rings is 1. The third-order valence-electron chi connectivity index (χ3n) is 6.67. The number of fused-ring (bicyclic) bond motifs is 2. The summed E-state index contributed by atoms with van der Waals surface area (Å²) in [5.41, 5.74) is 4.56. The van der Waals surface area contributed by atoms with E-state index in [0.717, 1.165) is 22.3 Å². The molecule has 2 N–H and O–H groups in total. The minimum Gasteiger partial charge on any atom is -0.458 e. The van der Waals surface area contributed by atoms with Crippen LogP contribution in [0.2, 0.25) is 0 Å². The highest BCUT2D eigenvalue weighted by atomic mass is 19.1. The summed E-state index contributed by atoms with van der Waals surface area (Å²) in [6.45, 7) is 5.85. The summed E-state index contributed by atoms with van der Waals surface area (Å²) < 4.78 is 19.0. The van der Waals surface area contributed by atoms with Crippen molar-refractivity contribution in [3.05, 3.63) is 82.5 Å². The van der Waals surface area contributed by atoms with E-state index in [-0.39, 0.29) is 23.4 Å². The van der Waals surface area contributed by atoms with Gasteiger partial charge >= 0.3 is 5.97 Å². The zero-order valence-corrected chi connectivity index (χ0v) is 20.1. The van der Waals surface area contributed by atoms with Crippen molar-refractivity contribution < 1.29 is 28.9 Å². The molecule has 6 nitrogen and oxygen atoms in total. The largest absolute Gasteiger partial charge is 0.458 e. The van der Waals surface area contributed by atoms with Gasteiger partial charge in [0.05, 0.1) is 18.6 Å². The number of carbonyl (C=O) groups is 2. The average molecular weight is 480 g/mol. The molecule has 1 aromatic heterocycles. The number of aromatic nitrogens is 1. The second-order valence-electron chi connectivity index (χ2n) is 10.0. The van der Waals surface area contributed by atoms with Crippen LogP contribution in [-0.4, -0.2) is 45.3 Å². The summed E-state index contributed by atoms with van der Waals surface area (Å²) in [6, 6.07) is 8.49. The number of esters is 1. The molecule has 3 atom stereocenters. The van der Waals surface area contributed by atoms with Gasteiger partial charge in [-0.25, -0.2) is 4.39 Å². The van der Waals surface area contributed by atoms with Crippen LogP contribution in [0.25, 0.3) is 5.57 Å². The van der Waals surface area contributed by atoms with Crippen molar-refractivity contribution in [1.29, 1.82) is 0 Å². The molecule has 7 heteroatoms. The summed E-state index contributed by atoms with van der Waals surface area (Å²) in [7, 11) is 0. The maximum atomic E-state index is 13.7. The number of aryl methyl sites for hydroxylation is 1. The molecule has 0 spiro atoms. The highest BCUT2D eigenvalue weighted by molar-refractivity contribution is 6.14. The Labute approximate surface area is 204 Å². The van der Waals surface area contributed by atoms with Gasteiger partial charge in [0.15, 0.2) is 0 Å². The highest BCUT2D eigenvalue weighted by Gasteiger charge is 2.34. The van der Waals surface area contributed by atoms with E-state index >= 15 is 0 Å². The molecule has 2 aliphatic carbocycles. The molecule has 1 aromatic carbocycles. The number of hydrogen-bond donors (Lipinski definition) is 2. The first kappa shape index (κ1) is 24.9. The van der Waals surface area contributed by atoms with Crippen molar-refractivity contribution in [3.63, 3.8) is 0 Å². The van der Waals surface area contributed by atoms with E-state index in [4.69, 9.17) is 4.74 Å². The van der Waals surface area contributed by atoms with Crippen molar-refractivity contribution in [2.45, 2.75) is 64.8 Å². The summed E-state index contributed by atoms with van der Waals surface area (Å²) in [5, 5.41) is 20.2. The predicted octanol–water partition coefficient (Wildman–Crippen LogP) is 4.32. The Kier molecular flexibility index (Phi) is 7.01. The molecular formula is C28H30FNO5. The summed E-state index contributed by atoms with van der Waals surface area (Å²) in [5.74, 6) is -0.562. The van der Waals surface area contributed by atoms with Crippen LogP contribution in [0, 0.1) is 18.2 Å². The van der Waals surface area contributed by atoms with Gasteiger partial charge in [-0.15, -0.1) is 0 Å². The first-order valence-corrected chi connectivity index (χ1v) is 11.8. The van der Waals surface area contributed by atoms with Crippen molar-refractivity contribution in [2.24, 2.45) is 5.41 Å².